The summed E-state index contributed by atoms with van der Waals surface area (Å²) >= 11 is 9.54. The van der Waals surface area contributed by atoms with Gasteiger partial charge in [-0.1, -0.05) is 40.5 Å². The van der Waals surface area contributed by atoms with Gasteiger partial charge < -0.3 is 0 Å². The van der Waals surface area contributed by atoms with E-state index in [0.717, 1.165) is 23.2 Å². The van der Waals surface area contributed by atoms with Crippen molar-refractivity contribution in [1.29, 1.82) is 0 Å². The maximum atomic E-state index is 11.6. The normalized spacial score (nSPS) is 15.3. The highest BCUT2D eigenvalue weighted by Gasteiger charge is 2.28. The molecule has 2 N–H and O–H groups in total. The smallest absolute Gasteiger partial charge is 0.0945 e. The van der Waals surface area contributed by atoms with Crippen LogP contribution < -0.4 is 5.14 Å². The molecule has 0 amide bonds. The lowest BCUT2D eigenvalue weighted by atomic mass is 9.85. The van der Waals surface area contributed by atoms with Gasteiger partial charge in [0, 0.05) is 10.4 Å². The molecule has 0 bridgehead atoms. The fourth-order valence-electron chi connectivity index (χ4n) is 2.24. The van der Waals surface area contributed by atoms with Gasteiger partial charge in [0.2, 0.25) is 0 Å². The standard InChI is InChI=1S/C14H21BrClNOS/c1-4-10(8-14(2,3)19(17)18)13-6-5-12(16)7-11(13)9-15/h5-7,10H,4,8-9,17H2,1-3H3/t10-,19?/m0/s1. The zero-order valence-corrected chi connectivity index (χ0v) is 14.7. The summed E-state index contributed by atoms with van der Waals surface area (Å²) in [6, 6.07) is 5.97. The predicted octanol–water partition coefficient (Wildman–Crippen LogP) is 4.52. The largest absolute Gasteiger partial charge is 0.251 e. The molecule has 5 heteroatoms. The first-order valence-corrected chi connectivity index (χ1v) is 9.03. The van der Waals surface area contributed by atoms with Crippen LogP contribution in [0.25, 0.3) is 0 Å². The van der Waals surface area contributed by atoms with Crippen molar-refractivity contribution < 1.29 is 4.21 Å². The number of benzene rings is 1. The van der Waals surface area contributed by atoms with Crippen molar-refractivity contribution in [2.24, 2.45) is 5.14 Å². The highest BCUT2D eigenvalue weighted by molar-refractivity contribution is 9.08. The van der Waals surface area contributed by atoms with Gasteiger partial charge in [0.15, 0.2) is 0 Å². The topological polar surface area (TPSA) is 43.1 Å². The third-order valence-corrected chi connectivity index (χ3v) is 5.56. The highest BCUT2D eigenvalue weighted by Crippen LogP contribution is 2.34. The number of nitrogens with two attached hydrogens (primary N) is 1. The van der Waals surface area contributed by atoms with E-state index in [1.807, 2.05) is 26.0 Å². The monoisotopic (exact) mass is 365 g/mol. The van der Waals surface area contributed by atoms with Gasteiger partial charge in [0.05, 0.1) is 15.7 Å². The third-order valence-electron chi connectivity index (χ3n) is 3.46. The minimum absolute atomic E-state index is 0.340. The van der Waals surface area contributed by atoms with E-state index in [4.69, 9.17) is 16.7 Å². The number of hydrogen-bond acceptors (Lipinski definition) is 1. The second kappa shape index (κ2) is 7.21. The van der Waals surface area contributed by atoms with Crippen LogP contribution in [0, 0.1) is 0 Å². The van der Waals surface area contributed by atoms with Crippen molar-refractivity contribution in [3.05, 3.63) is 34.3 Å². The molecule has 2 atom stereocenters. The first-order valence-electron chi connectivity index (χ1n) is 6.32. The zero-order valence-electron chi connectivity index (χ0n) is 11.6. The van der Waals surface area contributed by atoms with Crippen LogP contribution in [0.15, 0.2) is 18.2 Å². The quantitative estimate of drug-likeness (QED) is 0.739. The average Bonchev–Trinajstić information content (AvgIpc) is 2.35. The van der Waals surface area contributed by atoms with Crippen molar-refractivity contribution >= 4 is 38.5 Å². The van der Waals surface area contributed by atoms with E-state index >= 15 is 0 Å². The molecule has 0 radical (unpaired) electrons. The lowest BCUT2D eigenvalue weighted by molar-refractivity contribution is 0.506. The molecule has 2 nitrogen and oxygen atoms in total. The lowest BCUT2D eigenvalue weighted by Gasteiger charge is -2.28. The first-order chi connectivity index (χ1) is 8.81. The molecule has 0 saturated carbocycles. The van der Waals surface area contributed by atoms with Crippen LogP contribution in [-0.2, 0) is 16.3 Å². The van der Waals surface area contributed by atoms with Gasteiger partial charge >= 0.3 is 0 Å². The van der Waals surface area contributed by atoms with Crippen LogP contribution in [-0.4, -0.2) is 8.96 Å². The van der Waals surface area contributed by atoms with E-state index in [1.165, 1.54) is 11.1 Å². The van der Waals surface area contributed by atoms with Crippen molar-refractivity contribution in [3.63, 3.8) is 0 Å². The molecule has 1 aromatic carbocycles. The van der Waals surface area contributed by atoms with Gasteiger partial charge in [0.25, 0.3) is 0 Å². The summed E-state index contributed by atoms with van der Waals surface area (Å²) < 4.78 is 11.2. The number of hydrogen-bond donors (Lipinski definition) is 1. The Bertz CT molecular complexity index is 465. The summed E-state index contributed by atoms with van der Waals surface area (Å²) in [5.41, 5.74) is 2.46. The van der Waals surface area contributed by atoms with Crippen LogP contribution in [0.4, 0.5) is 0 Å². The molecule has 0 fully saturated rings. The minimum atomic E-state index is -1.32. The molecule has 19 heavy (non-hydrogen) atoms. The minimum Gasteiger partial charge on any atom is -0.251 e. The van der Waals surface area contributed by atoms with E-state index in [1.54, 1.807) is 0 Å². The highest BCUT2D eigenvalue weighted by atomic mass is 79.9. The van der Waals surface area contributed by atoms with Gasteiger partial charge in [0.1, 0.15) is 0 Å². The Morgan fingerprint density at radius 3 is 2.58 bits per heavy atom. The Labute approximate surface area is 131 Å². The molecular formula is C14H21BrClNOS. The number of halogens is 2. The second-order valence-corrected chi connectivity index (χ2v) is 8.04. The summed E-state index contributed by atoms with van der Waals surface area (Å²) in [6.07, 6.45) is 1.79. The molecule has 1 aromatic rings. The van der Waals surface area contributed by atoms with Crippen LogP contribution in [0.1, 0.15) is 50.7 Å². The van der Waals surface area contributed by atoms with Crippen molar-refractivity contribution in [3.8, 4) is 0 Å². The van der Waals surface area contributed by atoms with Gasteiger partial charge in [-0.05, 0) is 55.9 Å². The third kappa shape index (κ3) is 4.55. The Balaban J connectivity index is 3.07. The molecule has 0 aliphatic carbocycles. The Morgan fingerprint density at radius 1 is 1.47 bits per heavy atom. The molecule has 0 heterocycles. The summed E-state index contributed by atoms with van der Waals surface area (Å²) in [5, 5.41) is 7.10. The molecule has 0 aliphatic rings. The summed E-state index contributed by atoms with van der Waals surface area (Å²) in [7, 11) is -1.32. The average molecular weight is 367 g/mol. The molecular weight excluding hydrogens is 346 g/mol. The molecule has 0 spiro atoms. The van der Waals surface area contributed by atoms with Gasteiger partial charge in [-0.15, -0.1) is 0 Å². The molecule has 1 unspecified atom stereocenters. The van der Waals surface area contributed by atoms with Crippen molar-refractivity contribution in [2.45, 2.75) is 49.6 Å². The fraction of sp³-hybridized carbons (Fsp3) is 0.571. The first kappa shape index (κ1) is 17.2. The zero-order chi connectivity index (χ0) is 14.6. The van der Waals surface area contributed by atoms with Crippen molar-refractivity contribution in [1.82, 2.24) is 0 Å². The SMILES string of the molecule is CC[C@@H](CC(C)(C)S(N)=O)c1ccc(Cl)cc1CBr. The summed E-state index contributed by atoms with van der Waals surface area (Å²) in [6.45, 7) is 6.05. The van der Waals surface area contributed by atoms with Crippen LogP contribution in [0.2, 0.25) is 5.02 Å². The Morgan fingerprint density at radius 2 is 2.11 bits per heavy atom. The summed E-state index contributed by atoms with van der Waals surface area (Å²) in [4.78, 5) is 0. The molecule has 0 aromatic heterocycles. The van der Waals surface area contributed by atoms with Gasteiger partial charge in [-0.3, -0.25) is 5.14 Å². The van der Waals surface area contributed by atoms with E-state index in [9.17, 15) is 4.21 Å². The van der Waals surface area contributed by atoms with Crippen molar-refractivity contribution in [2.75, 3.05) is 0 Å². The van der Waals surface area contributed by atoms with Crippen LogP contribution in [0.3, 0.4) is 0 Å². The summed E-state index contributed by atoms with van der Waals surface area (Å²) in [5.74, 6) is 0.340. The maximum absolute atomic E-state index is 11.6. The van der Waals surface area contributed by atoms with Gasteiger partial charge in [-0.2, -0.15) is 0 Å². The van der Waals surface area contributed by atoms with E-state index in [2.05, 4.69) is 28.9 Å². The second-order valence-electron chi connectivity index (χ2n) is 5.34. The molecule has 108 valence electrons. The number of rotatable bonds is 6. The van der Waals surface area contributed by atoms with Crippen LogP contribution in [0.5, 0.6) is 0 Å². The van der Waals surface area contributed by atoms with Gasteiger partial charge in [-0.25, -0.2) is 4.21 Å². The number of alkyl halides is 1. The van der Waals surface area contributed by atoms with E-state index in [0.29, 0.717) is 5.92 Å². The Hall–Kier alpha value is 0.1000. The predicted molar refractivity (Wildman–Crippen MR) is 88.1 cm³/mol. The Kier molecular flexibility index (Phi) is 6.51. The molecule has 0 saturated heterocycles. The van der Waals surface area contributed by atoms with Crippen LogP contribution >= 0.6 is 27.5 Å². The van der Waals surface area contributed by atoms with E-state index < -0.39 is 11.0 Å². The maximum Gasteiger partial charge on any atom is 0.0945 e. The molecule has 0 aliphatic heterocycles. The van der Waals surface area contributed by atoms with E-state index in [-0.39, 0.29) is 4.75 Å². The lowest BCUT2D eigenvalue weighted by Crippen LogP contribution is -2.33. The fourth-order valence-corrected chi connectivity index (χ4v) is 3.28. The molecule has 1 rings (SSSR count).